The van der Waals surface area contributed by atoms with E-state index >= 15 is 0 Å². The van der Waals surface area contributed by atoms with Crippen LogP contribution in [-0.4, -0.2) is 19.8 Å². The lowest BCUT2D eigenvalue weighted by Crippen LogP contribution is -2.14. The minimum atomic E-state index is 0.492. The van der Waals surface area contributed by atoms with Crippen molar-refractivity contribution in [1.29, 1.82) is 0 Å². The summed E-state index contributed by atoms with van der Waals surface area (Å²) in [7, 11) is 0. The van der Waals surface area contributed by atoms with E-state index in [1.165, 1.54) is 5.56 Å². The van der Waals surface area contributed by atoms with Gasteiger partial charge in [-0.15, -0.1) is 0 Å². The van der Waals surface area contributed by atoms with Crippen LogP contribution in [0.5, 0.6) is 11.5 Å². The summed E-state index contributed by atoms with van der Waals surface area (Å²) in [5, 5.41) is 3.39. The van der Waals surface area contributed by atoms with Gasteiger partial charge in [-0.25, -0.2) is 0 Å². The number of rotatable bonds is 9. The molecule has 0 aliphatic rings. The molecule has 1 aromatic rings. The Morgan fingerprint density at radius 3 is 2.65 bits per heavy atom. The van der Waals surface area contributed by atoms with E-state index in [1.807, 2.05) is 19.9 Å². The van der Waals surface area contributed by atoms with E-state index in [0.717, 1.165) is 41.1 Å². The van der Waals surface area contributed by atoms with Crippen LogP contribution in [0.1, 0.15) is 32.8 Å². The Hall–Kier alpha value is -1.00. The predicted molar refractivity (Wildman–Crippen MR) is 87.6 cm³/mol. The minimum Gasteiger partial charge on any atom is -0.490 e. The van der Waals surface area contributed by atoms with Gasteiger partial charge in [-0.1, -0.05) is 13.5 Å². The van der Waals surface area contributed by atoms with Crippen LogP contribution in [0.25, 0.3) is 0 Å². The number of benzene rings is 1. The second-order valence-corrected chi connectivity index (χ2v) is 5.61. The van der Waals surface area contributed by atoms with Gasteiger partial charge in [0.15, 0.2) is 11.5 Å². The quantitative estimate of drug-likeness (QED) is 0.536. The van der Waals surface area contributed by atoms with Crippen molar-refractivity contribution >= 4 is 15.9 Å². The fraction of sp³-hybridized carbons (Fsp3) is 0.500. The highest BCUT2D eigenvalue weighted by Crippen LogP contribution is 2.37. The van der Waals surface area contributed by atoms with Crippen molar-refractivity contribution in [3.63, 3.8) is 0 Å². The molecule has 0 atom stereocenters. The molecule has 0 fully saturated rings. The first-order chi connectivity index (χ1) is 9.58. The van der Waals surface area contributed by atoms with Gasteiger partial charge in [0, 0.05) is 6.54 Å². The second-order valence-electron chi connectivity index (χ2n) is 4.76. The van der Waals surface area contributed by atoms with Gasteiger partial charge in [0.05, 0.1) is 11.1 Å². The monoisotopic (exact) mass is 341 g/mol. The molecule has 0 saturated carbocycles. The molecule has 0 spiro atoms. The minimum absolute atomic E-state index is 0.492. The molecule has 0 unspecified atom stereocenters. The number of hydrogen-bond donors (Lipinski definition) is 1. The maximum Gasteiger partial charge on any atom is 0.175 e. The van der Waals surface area contributed by atoms with Crippen LogP contribution in [0.2, 0.25) is 0 Å². The van der Waals surface area contributed by atoms with Crippen LogP contribution in [0.4, 0.5) is 0 Å². The zero-order chi connectivity index (χ0) is 15.0. The molecule has 1 rings (SSSR count). The molecule has 1 aromatic carbocycles. The fourth-order valence-corrected chi connectivity index (χ4v) is 2.34. The first kappa shape index (κ1) is 17.1. The SMILES string of the molecule is C=C(C)COc1c(Br)cc(CNCCC)cc1OCC. The van der Waals surface area contributed by atoms with Gasteiger partial charge in [-0.3, -0.25) is 0 Å². The Kier molecular flexibility index (Phi) is 7.70. The van der Waals surface area contributed by atoms with Crippen molar-refractivity contribution in [1.82, 2.24) is 5.32 Å². The van der Waals surface area contributed by atoms with E-state index in [0.29, 0.717) is 13.2 Å². The van der Waals surface area contributed by atoms with Gasteiger partial charge in [0.25, 0.3) is 0 Å². The Balaban J connectivity index is 2.89. The third kappa shape index (κ3) is 5.55. The Morgan fingerprint density at radius 1 is 1.30 bits per heavy atom. The predicted octanol–water partition coefficient (Wildman–Crippen LogP) is 4.30. The molecular formula is C16H24BrNO2. The van der Waals surface area contributed by atoms with E-state index in [2.05, 4.69) is 40.8 Å². The standard InChI is InChI=1S/C16H24BrNO2/c1-5-7-18-10-13-8-14(17)16(20-11-12(3)4)15(9-13)19-6-2/h8-9,18H,3,5-7,10-11H2,1-2,4H3. The van der Waals surface area contributed by atoms with Crippen LogP contribution in [-0.2, 0) is 6.54 Å². The average molecular weight is 342 g/mol. The highest BCUT2D eigenvalue weighted by molar-refractivity contribution is 9.10. The molecule has 20 heavy (non-hydrogen) atoms. The summed E-state index contributed by atoms with van der Waals surface area (Å²) in [6, 6.07) is 4.10. The number of nitrogens with one attached hydrogen (secondary N) is 1. The normalized spacial score (nSPS) is 10.4. The molecule has 0 bridgehead atoms. The smallest absolute Gasteiger partial charge is 0.175 e. The van der Waals surface area contributed by atoms with Crippen LogP contribution in [0.15, 0.2) is 28.8 Å². The second kappa shape index (κ2) is 9.03. The summed E-state index contributed by atoms with van der Waals surface area (Å²) < 4.78 is 12.4. The maximum atomic E-state index is 5.77. The Morgan fingerprint density at radius 2 is 2.05 bits per heavy atom. The molecule has 0 aliphatic carbocycles. The van der Waals surface area contributed by atoms with E-state index in [4.69, 9.17) is 9.47 Å². The van der Waals surface area contributed by atoms with Gasteiger partial charge in [0.1, 0.15) is 6.61 Å². The highest BCUT2D eigenvalue weighted by Gasteiger charge is 2.12. The summed E-state index contributed by atoms with van der Waals surface area (Å²) in [5.74, 6) is 1.52. The average Bonchev–Trinajstić information content (AvgIpc) is 2.38. The van der Waals surface area contributed by atoms with Gasteiger partial charge in [-0.2, -0.15) is 0 Å². The van der Waals surface area contributed by atoms with E-state index < -0.39 is 0 Å². The van der Waals surface area contributed by atoms with Crippen LogP contribution >= 0.6 is 15.9 Å². The lowest BCUT2D eigenvalue weighted by Gasteiger charge is -2.15. The van der Waals surface area contributed by atoms with Crippen LogP contribution in [0.3, 0.4) is 0 Å². The van der Waals surface area contributed by atoms with Crippen molar-refractivity contribution in [2.24, 2.45) is 0 Å². The van der Waals surface area contributed by atoms with Gasteiger partial charge >= 0.3 is 0 Å². The number of hydrogen-bond acceptors (Lipinski definition) is 3. The molecule has 0 radical (unpaired) electrons. The molecular weight excluding hydrogens is 318 g/mol. The summed E-state index contributed by atoms with van der Waals surface area (Å²) in [4.78, 5) is 0. The Bertz CT molecular complexity index is 446. The van der Waals surface area contributed by atoms with Crippen molar-refractivity contribution in [2.75, 3.05) is 19.8 Å². The molecule has 0 saturated heterocycles. The van der Waals surface area contributed by atoms with Gasteiger partial charge in [-0.05, 0) is 66.0 Å². The topological polar surface area (TPSA) is 30.5 Å². The zero-order valence-electron chi connectivity index (χ0n) is 12.6. The maximum absolute atomic E-state index is 5.77. The van der Waals surface area contributed by atoms with Crippen molar-refractivity contribution < 1.29 is 9.47 Å². The molecule has 0 aliphatic heterocycles. The molecule has 3 nitrogen and oxygen atoms in total. The largest absolute Gasteiger partial charge is 0.490 e. The summed E-state index contributed by atoms with van der Waals surface area (Å²) >= 11 is 3.56. The summed E-state index contributed by atoms with van der Waals surface area (Å²) in [5.41, 5.74) is 2.16. The Labute approximate surface area is 130 Å². The van der Waals surface area contributed by atoms with Crippen molar-refractivity contribution in [2.45, 2.75) is 33.7 Å². The highest BCUT2D eigenvalue weighted by atomic mass is 79.9. The summed E-state index contributed by atoms with van der Waals surface area (Å²) in [6.45, 7) is 12.9. The molecule has 0 heterocycles. The molecule has 4 heteroatoms. The van der Waals surface area contributed by atoms with Gasteiger partial charge < -0.3 is 14.8 Å². The lowest BCUT2D eigenvalue weighted by molar-refractivity contribution is 0.291. The molecule has 1 N–H and O–H groups in total. The zero-order valence-corrected chi connectivity index (χ0v) is 14.2. The van der Waals surface area contributed by atoms with Crippen molar-refractivity contribution in [3.05, 3.63) is 34.3 Å². The lowest BCUT2D eigenvalue weighted by atomic mass is 10.2. The molecule has 0 aromatic heterocycles. The van der Waals surface area contributed by atoms with E-state index in [9.17, 15) is 0 Å². The fourth-order valence-electron chi connectivity index (χ4n) is 1.73. The van der Waals surface area contributed by atoms with E-state index in [1.54, 1.807) is 0 Å². The third-order valence-corrected chi connectivity index (χ3v) is 3.18. The molecule has 112 valence electrons. The van der Waals surface area contributed by atoms with Crippen LogP contribution < -0.4 is 14.8 Å². The number of ether oxygens (including phenoxy) is 2. The van der Waals surface area contributed by atoms with Crippen LogP contribution in [0, 0.1) is 0 Å². The van der Waals surface area contributed by atoms with E-state index in [-0.39, 0.29) is 0 Å². The molecule has 0 amide bonds. The summed E-state index contributed by atoms with van der Waals surface area (Å²) in [6.07, 6.45) is 1.12. The first-order valence-corrected chi connectivity index (χ1v) is 7.80. The van der Waals surface area contributed by atoms with Crippen molar-refractivity contribution in [3.8, 4) is 11.5 Å². The van der Waals surface area contributed by atoms with Gasteiger partial charge in [0.2, 0.25) is 0 Å². The third-order valence-electron chi connectivity index (χ3n) is 2.59. The number of halogens is 1. The first-order valence-electron chi connectivity index (χ1n) is 7.01.